The van der Waals surface area contributed by atoms with Crippen LogP contribution in [0, 0.1) is 18.8 Å². The highest BCUT2D eigenvalue weighted by molar-refractivity contribution is 5.88. The van der Waals surface area contributed by atoms with Crippen LogP contribution in [0.3, 0.4) is 0 Å². The summed E-state index contributed by atoms with van der Waals surface area (Å²) in [5.74, 6) is 0.0791. The van der Waals surface area contributed by atoms with Crippen LogP contribution in [0.25, 0.3) is 0 Å². The molecule has 1 unspecified atom stereocenters. The maximum absolute atomic E-state index is 12.6. The number of rotatable bonds is 6. The highest BCUT2D eigenvalue weighted by Crippen LogP contribution is 2.24. The van der Waals surface area contributed by atoms with Crippen molar-refractivity contribution in [3.8, 4) is 0 Å². The minimum absolute atomic E-state index is 0.0411. The van der Waals surface area contributed by atoms with Gasteiger partial charge in [-0.05, 0) is 36.8 Å². The van der Waals surface area contributed by atoms with Crippen LogP contribution < -0.4 is 10.6 Å². The van der Waals surface area contributed by atoms with Gasteiger partial charge in [0.05, 0.1) is 0 Å². The Morgan fingerprint density at radius 1 is 1.12 bits per heavy atom. The van der Waals surface area contributed by atoms with Crippen LogP contribution in [0.1, 0.15) is 57.1 Å². The third-order valence-corrected chi connectivity index (χ3v) is 4.94. The number of carbonyl (C=O) groups is 2. The lowest BCUT2D eigenvalue weighted by Gasteiger charge is -2.26. The van der Waals surface area contributed by atoms with Crippen molar-refractivity contribution >= 4 is 11.8 Å². The largest absolute Gasteiger partial charge is 0.350 e. The summed E-state index contributed by atoms with van der Waals surface area (Å²) in [5, 5.41) is 5.96. The molecule has 1 aromatic rings. The van der Waals surface area contributed by atoms with E-state index < -0.39 is 6.04 Å². The zero-order chi connectivity index (χ0) is 17.5. The fourth-order valence-electron chi connectivity index (χ4n) is 3.27. The van der Waals surface area contributed by atoms with E-state index >= 15 is 0 Å². The second kappa shape index (κ2) is 8.86. The lowest BCUT2D eigenvalue weighted by molar-refractivity contribution is -0.132. The van der Waals surface area contributed by atoms with Gasteiger partial charge in [-0.15, -0.1) is 0 Å². The number of carbonyl (C=O) groups excluding carboxylic acids is 2. The molecule has 4 nitrogen and oxygen atoms in total. The molecular formula is C20H30N2O2. The molecule has 0 heterocycles. The molecule has 0 spiro atoms. The summed E-state index contributed by atoms with van der Waals surface area (Å²) in [7, 11) is 0. The molecule has 0 radical (unpaired) electrons. The summed E-state index contributed by atoms with van der Waals surface area (Å²) >= 11 is 0. The van der Waals surface area contributed by atoms with Crippen molar-refractivity contribution in [3.05, 3.63) is 35.4 Å². The van der Waals surface area contributed by atoms with E-state index in [9.17, 15) is 9.59 Å². The van der Waals surface area contributed by atoms with Crippen molar-refractivity contribution in [2.75, 3.05) is 0 Å². The molecular weight excluding hydrogens is 300 g/mol. The molecule has 1 aliphatic rings. The molecule has 4 heteroatoms. The van der Waals surface area contributed by atoms with Crippen LogP contribution in [0.4, 0.5) is 0 Å². The SMILES string of the molecule is Cc1ccccc1CNC(=O)C(NC(=O)C1CCCCC1)C(C)C. The summed E-state index contributed by atoms with van der Waals surface area (Å²) in [6, 6.07) is 7.54. The standard InChI is InChI=1S/C20H30N2O2/c1-14(2)18(22-19(23)16-10-5-4-6-11-16)20(24)21-13-17-12-8-7-9-15(17)3/h7-9,12,14,16,18H,4-6,10-11,13H2,1-3H3,(H,21,24)(H,22,23). The number of hydrogen-bond acceptors (Lipinski definition) is 2. The zero-order valence-corrected chi connectivity index (χ0v) is 15.1. The first-order chi connectivity index (χ1) is 11.5. The molecule has 0 bridgehead atoms. The predicted molar refractivity (Wildman–Crippen MR) is 96.4 cm³/mol. The van der Waals surface area contributed by atoms with E-state index in [4.69, 9.17) is 0 Å². The third kappa shape index (κ3) is 5.08. The number of nitrogens with one attached hydrogen (secondary N) is 2. The average Bonchev–Trinajstić information content (AvgIpc) is 2.59. The van der Waals surface area contributed by atoms with Crippen molar-refractivity contribution < 1.29 is 9.59 Å². The van der Waals surface area contributed by atoms with Gasteiger partial charge >= 0.3 is 0 Å². The van der Waals surface area contributed by atoms with E-state index in [1.807, 2.05) is 45.0 Å². The Kier molecular flexibility index (Phi) is 6.83. The van der Waals surface area contributed by atoms with E-state index in [1.165, 1.54) is 6.42 Å². The lowest BCUT2D eigenvalue weighted by Crippen LogP contribution is -2.51. The Hall–Kier alpha value is -1.84. The van der Waals surface area contributed by atoms with Crippen LogP contribution in [0.15, 0.2) is 24.3 Å². The van der Waals surface area contributed by atoms with Crippen LogP contribution in [-0.2, 0) is 16.1 Å². The molecule has 24 heavy (non-hydrogen) atoms. The molecule has 1 aromatic carbocycles. The van der Waals surface area contributed by atoms with E-state index in [-0.39, 0.29) is 23.7 Å². The van der Waals surface area contributed by atoms with Crippen LogP contribution in [-0.4, -0.2) is 17.9 Å². The Morgan fingerprint density at radius 2 is 1.79 bits per heavy atom. The monoisotopic (exact) mass is 330 g/mol. The number of hydrogen-bond donors (Lipinski definition) is 2. The zero-order valence-electron chi connectivity index (χ0n) is 15.1. The molecule has 1 atom stereocenters. The second-order valence-corrected chi connectivity index (χ2v) is 7.21. The van der Waals surface area contributed by atoms with Gasteiger partial charge in [0.2, 0.25) is 11.8 Å². The number of amides is 2. The Labute approximate surface area is 145 Å². The highest BCUT2D eigenvalue weighted by Gasteiger charge is 2.28. The molecule has 2 N–H and O–H groups in total. The second-order valence-electron chi connectivity index (χ2n) is 7.21. The van der Waals surface area contributed by atoms with Crippen molar-refractivity contribution in [1.29, 1.82) is 0 Å². The molecule has 132 valence electrons. The van der Waals surface area contributed by atoms with Gasteiger partial charge < -0.3 is 10.6 Å². The third-order valence-electron chi connectivity index (χ3n) is 4.94. The Balaban J connectivity index is 1.92. The van der Waals surface area contributed by atoms with Gasteiger partial charge in [-0.25, -0.2) is 0 Å². The molecule has 0 saturated heterocycles. The van der Waals surface area contributed by atoms with E-state index in [0.717, 1.165) is 36.8 Å². The first-order valence-corrected chi connectivity index (χ1v) is 9.11. The van der Waals surface area contributed by atoms with Crippen molar-refractivity contribution in [1.82, 2.24) is 10.6 Å². The predicted octanol–water partition coefficient (Wildman–Crippen LogP) is 3.33. The maximum Gasteiger partial charge on any atom is 0.243 e. The number of aryl methyl sites for hydroxylation is 1. The molecule has 2 rings (SSSR count). The van der Waals surface area contributed by atoms with Gasteiger partial charge in [-0.2, -0.15) is 0 Å². The fourth-order valence-corrected chi connectivity index (χ4v) is 3.27. The average molecular weight is 330 g/mol. The van der Waals surface area contributed by atoms with Crippen molar-refractivity contribution in [2.24, 2.45) is 11.8 Å². The van der Waals surface area contributed by atoms with Gasteiger partial charge in [0.15, 0.2) is 0 Å². The van der Waals surface area contributed by atoms with Crippen LogP contribution >= 0.6 is 0 Å². The summed E-state index contributed by atoms with van der Waals surface area (Å²) in [6.07, 6.45) is 5.34. The van der Waals surface area contributed by atoms with Crippen molar-refractivity contribution in [3.63, 3.8) is 0 Å². The molecule has 1 aliphatic carbocycles. The summed E-state index contributed by atoms with van der Waals surface area (Å²) < 4.78 is 0. The van der Waals surface area contributed by atoms with E-state index in [0.29, 0.717) is 6.54 Å². The number of benzene rings is 1. The van der Waals surface area contributed by atoms with Gasteiger partial charge in [0.25, 0.3) is 0 Å². The van der Waals surface area contributed by atoms with E-state index in [1.54, 1.807) is 0 Å². The molecule has 0 aromatic heterocycles. The smallest absolute Gasteiger partial charge is 0.243 e. The quantitative estimate of drug-likeness (QED) is 0.840. The van der Waals surface area contributed by atoms with Gasteiger partial charge in [0, 0.05) is 12.5 Å². The minimum atomic E-state index is -0.469. The topological polar surface area (TPSA) is 58.2 Å². The lowest BCUT2D eigenvalue weighted by atomic mass is 9.88. The first kappa shape index (κ1) is 18.5. The molecule has 1 fully saturated rings. The summed E-state index contributed by atoms with van der Waals surface area (Å²) in [4.78, 5) is 25.0. The normalized spacial score (nSPS) is 16.7. The maximum atomic E-state index is 12.6. The molecule has 0 aliphatic heterocycles. The van der Waals surface area contributed by atoms with Gasteiger partial charge in [-0.1, -0.05) is 57.4 Å². The Morgan fingerprint density at radius 3 is 2.42 bits per heavy atom. The summed E-state index contributed by atoms with van der Waals surface area (Å²) in [6.45, 7) is 6.47. The van der Waals surface area contributed by atoms with Gasteiger partial charge in [0.1, 0.15) is 6.04 Å². The van der Waals surface area contributed by atoms with Crippen LogP contribution in [0.5, 0.6) is 0 Å². The summed E-state index contributed by atoms with van der Waals surface area (Å²) in [5.41, 5.74) is 2.26. The fraction of sp³-hybridized carbons (Fsp3) is 0.600. The molecule has 1 saturated carbocycles. The molecule has 2 amide bonds. The van der Waals surface area contributed by atoms with E-state index in [2.05, 4.69) is 10.6 Å². The van der Waals surface area contributed by atoms with Crippen LogP contribution in [0.2, 0.25) is 0 Å². The first-order valence-electron chi connectivity index (χ1n) is 9.11. The highest BCUT2D eigenvalue weighted by atomic mass is 16.2. The Bertz CT molecular complexity index is 563. The minimum Gasteiger partial charge on any atom is -0.350 e. The van der Waals surface area contributed by atoms with Gasteiger partial charge in [-0.3, -0.25) is 9.59 Å². The van der Waals surface area contributed by atoms with Crippen molar-refractivity contribution in [2.45, 2.75) is 65.5 Å².